The maximum atomic E-state index is 13.9. The molecule has 0 aliphatic heterocycles. The summed E-state index contributed by atoms with van der Waals surface area (Å²) in [5.74, 6) is 0.499. The standard InChI is InChI=1S/C32H35ClN8O2/c1-4-7-13-27-35-31(33)29(30(43)28-26(42)17-22(18-34-28)19-40(5-2)6-3)41(27)20-21-14-15-24(23-11-9-8-10-12-23)25(16-21)32-36-38-39-37-32/h8-12,14-18,42H,4-7,13,19-20H2,1-3H3,(H,36,37,38,39). The van der Waals surface area contributed by atoms with E-state index in [0.29, 0.717) is 31.2 Å². The Balaban J connectivity index is 1.54. The highest BCUT2D eigenvalue weighted by Gasteiger charge is 2.27. The molecule has 5 rings (SSSR count). The summed E-state index contributed by atoms with van der Waals surface area (Å²) in [5.41, 5.74) is 4.64. The number of carbonyl (C=O) groups excluding carboxylic acids is 1. The molecule has 2 N–H and O–H groups in total. The van der Waals surface area contributed by atoms with E-state index in [-0.39, 0.29) is 22.3 Å². The third kappa shape index (κ3) is 6.65. The summed E-state index contributed by atoms with van der Waals surface area (Å²) in [7, 11) is 0. The summed E-state index contributed by atoms with van der Waals surface area (Å²) in [5, 5.41) is 25.7. The summed E-state index contributed by atoms with van der Waals surface area (Å²) in [4.78, 5) is 25.1. The summed E-state index contributed by atoms with van der Waals surface area (Å²) in [6.07, 6.45) is 4.12. The lowest BCUT2D eigenvalue weighted by molar-refractivity contribution is 0.102. The smallest absolute Gasteiger partial charge is 0.234 e. The zero-order chi connectivity index (χ0) is 30.3. The molecule has 0 fully saturated rings. The van der Waals surface area contributed by atoms with E-state index in [9.17, 15) is 9.90 Å². The average molecular weight is 599 g/mol. The number of rotatable bonds is 13. The fourth-order valence-corrected chi connectivity index (χ4v) is 5.44. The van der Waals surface area contributed by atoms with Gasteiger partial charge in [0.25, 0.3) is 0 Å². The Morgan fingerprint density at radius 1 is 1.02 bits per heavy atom. The van der Waals surface area contributed by atoms with Crippen LogP contribution in [0, 0.1) is 0 Å². The van der Waals surface area contributed by atoms with E-state index in [1.807, 2.05) is 53.1 Å². The predicted molar refractivity (Wildman–Crippen MR) is 166 cm³/mol. The molecular formula is C32H35ClN8O2. The zero-order valence-electron chi connectivity index (χ0n) is 24.6. The number of H-pyrrole nitrogens is 1. The van der Waals surface area contributed by atoms with Gasteiger partial charge in [0.15, 0.2) is 10.8 Å². The number of hydrogen-bond acceptors (Lipinski definition) is 8. The first kappa shape index (κ1) is 30.1. The lowest BCUT2D eigenvalue weighted by atomic mass is 9.97. The number of tetrazole rings is 1. The molecule has 10 nitrogen and oxygen atoms in total. The average Bonchev–Trinajstić information content (AvgIpc) is 3.67. The number of nitrogens with zero attached hydrogens (tertiary/aromatic N) is 7. The van der Waals surface area contributed by atoms with Crippen molar-refractivity contribution in [2.45, 2.75) is 53.1 Å². The van der Waals surface area contributed by atoms with Crippen molar-refractivity contribution in [2.75, 3.05) is 13.1 Å². The van der Waals surface area contributed by atoms with Gasteiger partial charge in [-0.15, -0.1) is 10.2 Å². The Morgan fingerprint density at radius 3 is 2.49 bits per heavy atom. The molecule has 0 saturated heterocycles. The molecule has 5 aromatic rings. The number of nitrogens with one attached hydrogen (secondary N) is 1. The van der Waals surface area contributed by atoms with Gasteiger partial charge in [-0.1, -0.05) is 81.3 Å². The third-order valence-electron chi connectivity index (χ3n) is 7.51. The normalized spacial score (nSPS) is 11.4. The Morgan fingerprint density at radius 2 is 1.81 bits per heavy atom. The van der Waals surface area contributed by atoms with E-state index in [4.69, 9.17) is 11.6 Å². The molecule has 0 saturated carbocycles. The third-order valence-corrected chi connectivity index (χ3v) is 7.77. The molecule has 0 atom stereocenters. The number of aromatic nitrogens is 7. The number of aromatic amines is 1. The van der Waals surface area contributed by atoms with E-state index in [0.717, 1.165) is 53.7 Å². The highest BCUT2D eigenvalue weighted by Crippen LogP contribution is 2.32. The number of carbonyl (C=O) groups is 1. The quantitative estimate of drug-likeness (QED) is 0.159. The molecule has 0 bridgehead atoms. The van der Waals surface area contributed by atoms with Gasteiger partial charge in [-0.2, -0.15) is 5.21 Å². The van der Waals surface area contributed by atoms with Crippen LogP contribution in [0.3, 0.4) is 0 Å². The van der Waals surface area contributed by atoms with E-state index >= 15 is 0 Å². The van der Waals surface area contributed by atoms with Gasteiger partial charge in [-0.05, 0) is 59.1 Å². The van der Waals surface area contributed by atoms with E-state index in [2.05, 4.69) is 56.3 Å². The van der Waals surface area contributed by atoms with Crippen molar-refractivity contribution < 1.29 is 9.90 Å². The molecule has 0 unspecified atom stereocenters. The number of aryl methyl sites for hydroxylation is 1. The maximum absolute atomic E-state index is 13.9. The number of halogens is 1. The van der Waals surface area contributed by atoms with E-state index in [1.54, 1.807) is 12.3 Å². The number of ketones is 1. The highest BCUT2D eigenvalue weighted by molar-refractivity contribution is 6.33. The van der Waals surface area contributed by atoms with Gasteiger partial charge in [0, 0.05) is 31.3 Å². The Kier molecular flexibility index (Phi) is 9.58. The van der Waals surface area contributed by atoms with Crippen molar-refractivity contribution in [2.24, 2.45) is 0 Å². The molecule has 43 heavy (non-hydrogen) atoms. The van der Waals surface area contributed by atoms with Crippen molar-refractivity contribution in [3.63, 3.8) is 0 Å². The lowest BCUT2D eigenvalue weighted by Crippen LogP contribution is -2.22. The summed E-state index contributed by atoms with van der Waals surface area (Å²) in [6.45, 7) is 8.94. The minimum absolute atomic E-state index is 0.0553. The molecule has 0 aliphatic rings. The summed E-state index contributed by atoms with van der Waals surface area (Å²) < 4.78 is 1.84. The van der Waals surface area contributed by atoms with Crippen molar-refractivity contribution in [3.05, 3.63) is 94.3 Å². The minimum atomic E-state index is -0.480. The van der Waals surface area contributed by atoms with Crippen LogP contribution in [0.5, 0.6) is 5.75 Å². The molecule has 11 heteroatoms. The molecular weight excluding hydrogens is 564 g/mol. The maximum Gasteiger partial charge on any atom is 0.234 e. The highest BCUT2D eigenvalue weighted by atomic mass is 35.5. The van der Waals surface area contributed by atoms with Crippen LogP contribution >= 0.6 is 11.6 Å². The predicted octanol–water partition coefficient (Wildman–Crippen LogP) is 5.95. The fraction of sp³-hybridized carbons (Fsp3) is 0.312. The molecule has 3 aromatic heterocycles. The Labute approximate surface area is 255 Å². The van der Waals surface area contributed by atoms with E-state index < -0.39 is 5.78 Å². The number of imidazole rings is 1. The topological polar surface area (TPSA) is 126 Å². The zero-order valence-corrected chi connectivity index (χ0v) is 25.3. The number of pyridine rings is 1. The molecule has 0 aliphatic carbocycles. The van der Waals surface area contributed by atoms with Crippen LogP contribution in [0.4, 0.5) is 0 Å². The Hall–Kier alpha value is -4.41. The first-order valence-electron chi connectivity index (χ1n) is 14.5. The fourth-order valence-electron chi connectivity index (χ4n) is 5.16. The van der Waals surface area contributed by atoms with Crippen molar-refractivity contribution in [1.29, 1.82) is 0 Å². The molecule has 2 aromatic carbocycles. The molecule has 0 radical (unpaired) electrons. The number of hydrogen-bond donors (Lipinski definition) is 2. The van der Waals surface area contributed by atoms with Gasteiger partial charge in [-0.3, -0.25) is 9.69 Å². The van der Waals surface area contributed by atoms with Gasteiger partial charge in [0.05, 0.1) is 0 Å². The number of benzene rings is 2. The van der Waals surface area contributed by atoms with Crippen molar-refractivity contribution in [1.82, 2.24) is 40.1 Å². The Bertz CT molecular complexity index is 1680. The molecule has 0 spiro atoms. The van der Waals surface area contributed by atoms with Crippen molar-refractivity contribution in [3.8, 4) is 28.3 Å². The first-order chi connectivity index (χ1) is 20.9. The van der Waals surface area contributed by atoms with E-state index in [1.165, 1.54) is 0 Å². The largest absolute Gasteiger partial charge is 0.506 e. The van der Waals surface area contributed by atoms with Crippen LogP contribution in [0.1, 0.15) is 66.7 Å². The van der Waals surface area contributed by atoms with Gasteiger partial charge in [0.1, 0.15) is 17.3 Å². The SMILES string of the molecule is CCCCc1nc(Cl)c(C(=O)c2ncc(CN(CC)CC)cc2O)n1Cc1ccc(-c2ccccc2)c(-c2nn[nH]n2)c1. The van der Waals surface area contributed by atoms with Crippen LogP contribution in [0.25, 0.3) is 22.5 Å². The monoisotopic (exact) mass is 598 g/mol. The second kappa shape index (κ2) is 13.7. The number of aromatic hydroxyl groups is 1. The summed E-state index contributed by atoms with van der Waals surface area (Å²) >= 11 is 6.65. The van der Waals surface area contributed by atoms with Gasteiger partial charge >= 0.3 is 0 Å². The molecule has 222 valence electrons. The van der Waals surface area contributed by atoms with Crippen molar-refractivity contribution >= 4 is 17.4 Å². The van der Waals surface area contributed by atoms with Gasteiger partial charge in [0.2, 0.25) is 11.6 Å². The number of unbranched alkanes of at least 4 members (excludes halogenated alkanes) is 1. The minimum Gasteiger partial charge on any atom is -0.506 e. The molecule has 0 amide bonds. The lowest BCUT2D eigenvalue weighted by Gasteiger charge is -2.18. The second-order valence-electron chi connectivity index (χ2n) is 10.3. The van der Waals surface area contributed by atoms with Crippen LogP contribution in [-0.4, -0.2) is 64.0 Å². The van der Waals surface area contributed by atoms with Gasteiger partial charge in [-0.25, -0.2) is 9.97 Å². The van der Waals surface area contributed by atoms with Crippen LogP contribution in [0.2, 0.25) is 5.15 Å². The van der Waals surface area contributed by atoms with Crippen LogP contribution < -0.4 is 0 Å². The first-order valence-corrected chi connectivity index (χ1v) is 14.9. The van der Waals surface area contributed by atoms with Gasteiger partial charge < -0.3 is 9.67 Å². The second-order valence-corrected chi connectivity index (χ2v) is 10.7. The van der Waals surface area contributed by atoms with Crippen LogP contribution in [0.15, 0.2) is 60.8 Å². The summed E-state index contributed by atoms with van der Waals surface area (Å²) in [6, 6.07) is 17.6. The molecule has 3 heterocycles. The van der Waals surface area contributed by atoms with Crippen LogP contribution in [-0.2, 0) is 19.5 Å².